The molecule has 0 spiro atoms. The predicted octanol–water partition coefficient (Wildman–Crippen LogP) is 3.62. The summed E-state index contributed by atoms with van der Waals surface area (Å²) in [6.07, 6.45) is 2.00. The van der Waals surface area contributed by atoms with Crippen molar-refractivity contribution in [2.24, 2.45) is 7.05 Å². The summed E-state index contributed by atoms with van der Waals surface area (Å²) in [6, 6.07) is 17.2. The summed E-state index contributed by atoms with van der Waals surface area (Å²) in [4.78, 5) is 14.4. The highest BCUT2D eigenvalue weighted by molar-refractivity contribution is 6.06. The van der Waals surface area contributed by atoms with E-state index in [1.165, 1.54) is 0 Å². The first-order chi connectivity index (χ1) is 12.0. The van der Waals surface area contributed by atoms with Crippen molar-refractivity contribution >= 4 is 17.3 Å². The van der Waals surface area contributed by atoms with Gasteiger partial charge < -0.3 is 10.2 Å². The third kappa shape index (κ3) is 3.88. The molecule has 0 saturated carbocycles. The van der Waals surface area contributed by atoms with Gasteiger partial charge in [0.25, 0.3) is 5.91 Å². The normalized spacial score (nSPS) is 10.5. The van der Waals surface area contributed by atoms with Crippen LogP contribution < -0.4 is 10.2 Å². The van der Waals surface area contributed by atoms with Gasteiger partial charge in [-0.25, -0.2) is 0 Å². The highest BCUT2D eigenvalue weighted by atomic mass is 16.2. The number of para-hydroxylation sites is 1. The van der Waals surface area contributed by atoms with Crippen LogP contribution in [0.3, 0.4) is 0 Å². The van der Waals surface area contributed by atoms with Crippen molar-refractivity contribution in [2.45, 2.75) is 13.5 Å². The molecule has 0 atom stereocenters. The Morgan fingerprint density at radius 2 is 1.92 bits per heavy atom. The Kier molecular flexibility index (Phi) is 4.84. The number of rotatable bonds is 5. The van der Waals surface area contributed by atoms with Crippen molar-refractivity contribution in [3.05, 3.63) is 77.6 Å². The van der Waals surface area contributed by atoms with Crippen LogP contribution >= 0.6 is 0 Å². The molecule has 3 aromatic rings. The number of benzene rings is 2. The van der Waals surface area contributed by atoms with E-state index in [2.05, 4.69) is 10.4 Å². The maximum Gasteiger partial charge on any atom is 0.258 e. The van der Waals surface area contributed by atoms with Gasteiger partial charge in [0.05, 0.1) is 5.69 Å². The van der Waals surface area contributed by atoms with Crippen LogP contribution in [0.15, 0.2) is 60.8 Å². The highest BCUT2D eigenvalue weighted by Gasteiger charge is 2.13. The second-order valence-corrected chi connectivity index (χ2v) is 6.05. The lowest BCUT2D eigenvalue weighted by molar-refractivity contribution is 0.0993. The second-order valence-electron chi connectivity index (χ2n) is 6.05. The third-order valence-electron chi connectivity index (χ3n) is 4.16. The number of carbonyl (C=O) groups excluding carboxylic acids is 1. The summed E-state index contributed by atoms with van der Waals surface area (Å²) in [6.45, 7) is 2.66. The fraction of sp³-hybridized carbons (Fsp3) is 0.200. The van der Waals surface area contributed by atoms with E-state index in [9.17, 15) is 4.79 Å². The quantitative estimate of drug-likeness (QED) is 0.775. The van der Waals surface area contributed by atoms with Crippen molar-refractivity contribution in [3.63, 3.8) is 0 Å². The van der Waals surface area contributed by atoms with E-state index in [0.29, 0.717) is 12.1 Å². The molecule has 1 heterocycles. The molecule has 2 aromatic carbocycles. The van der Waals surface area contributed by atoms with Gasteiger partial charge in [-0.15, -0.1) is 0 Å². The van der Waals surface area contributed by atoms with E-state index in [1.54, 1.807) is 16.6 Å². The lowest BCUT2D eigenvalue weighted by Crippen LogP contribution is -2.26. The number of hydrogen-bond acceptors (Lipinski definition) is 3. The Hall–Kier alpha value is -3.08. The number of aryl methyl sites for hydroxylation is 2. The number of amides is 1. The monoisotopic (exact) mass is 334 g/mol. The number of nitrogens with zero attached hydrogens (tertiary/aromatic N) is 3. The number of carbonyl (C=O) groups is 1. The van der Waals surface area contributed by atoms with Crippen molar-refractivity contribution < 1.29 is 4.79 Å². The minimum absolute atomic E-state index is 0.0348. The van der Waals surface area contributed by atoms with Gasteiger partial charge in [-0.3, -0.25) is 9.48 Å². The summed E-state index contributed by atoms with van der Waals surface area (Å²) >= 11 is 0. The Morgan fingerprint density at radius 3 is 2.60 bits per heavy atom. The van der Waals surface area contributed by atoms with E-state index in [4.69, 9.17) is 0 Å². The molecular weight excluding hydrogens is 312 g/mol. The first kappa shape index (κ1) is 16.8. The molecule has 0 fully saturated rings. The summed E-state index contributed by atoms with van der Waals surface area (Å²) in [7, 11) is 3.70. The Balaban J connectivity index is 1.72. The van der Waals surface area contributed by atoms with Crippen LogP contribution in [0, 0.1) is 6.92 Å². The molecule has 0 unspecified atom stereocenters. The minimum atomic E-state index is -0.0348. The molecular formula is C20H22N4O. The molecule has 25 heavy (non-hydrogen) atoms. The SMILES string of the molecule is Cc1nn(C)cc1CNc1cccc(C(=O)N(C)c2ccccc2)c1. The minimum Gasteiger partial charge on any atom is -0.381 e. The first-order valence-electron chi connectivity index (χ1n) is 8.21. The summed E-state index contributed by atoms with van der Waals surface area (Å²) in [5.74, 6) is -0.0348. The van der Waals surface area contributed by atoms with Crippen molar-refractivity contribution in [1.82, 2.24) is 9.78 Å². The second kappa shape index (κ2) is 7.21. The molecule has 1 aromatic heterocycles. The molecule has 5 nitrogen and oxygen atoms in total. The Labute approximate surface area is 147 Å². The van der Waals surface area contributed by atoms with Crippen LogP contribution in [-0.2, 0) is 13.6 Å². The van der Waals surface area contributed by atoms with Gasteiger partial charge in [-0.2, -0.15) is 5.10 Å². The first-order valence-corrected chi connectivity index (χ1v) is 8.21. The topological polar surface area (TPSA) is 50.2 Å². The summed E-state index contributed by atoms with van der Waals surface area (Å²) < 4.78 is 1.81. The molecule has 1 amide bonds. The van der Waals surface area contributed by atoms with Crippen LogP contribution in [-0.4, -0.2) is 22.7 Å². The summed E-state index contributed by atoms with van der Waals surface area (Å²) in [5, 5.41) is 7.71. The molecule has 0 aliphatic rings. The molecule has 0 aliphatic heterocycles. The zero-order valence-electron chi connectivity index (χ0n) is 14.7. The van der Waals surface area contributed by atoms with Gasteiger partial charge >= 0.3 is 0 Å². The molecule has 1 N–H and O–H groups in total. The van der Waals surface area contributed by atoms with Gasteiger partial charge in [-0.1, -0.05) is 24.3 Å². The fourth-order valence-corrected chi connectivity index (χ4v) is 2.74. The number of anilines is 2. The van der Waals surface area contributed by atoms with E-state index in [1.807, 2.05) is 74.8 Å². The van der Waals surface area contributed by atoms with Gasteiger partial charge in [0, 0.05) is 49.3 Å². The number of aromatic nitrogens is 2. The lowest BCUT2D eigenvalue weighted by atomic mass is 10.1. The molecule has 0 radical (unpaired) electrons. The summed E-state index contributed by atoms with van der Waals surface area (Å²) in [5.41, 5.74) is 4.58. The predicted molar refractivity (Wildman–Crippen MR) is 101 cm³/mol. The molecule has 0 bridgehead atoms. The van der Waals surface area contributed by atoms with Crippen molar-refractivity contribution in [1.29, 1.82) is 0 Å². The fourth-order valence-electron chi connectivity index (χ4n) is 2.74. The van der Waals surface area contributed by atoms with E-state index in [0.717, 1.165) is 22.6 Å². The molecule has 0 aliphatic carbocycles. The maximum absolute atomic E-state index is 12.7. The molecule has 0 saturated heterocycles. The zero-order valence-corrected chi connectivity index (χ0v) is 14.7. The van der Waals surface area contributed by atoms with Crippen LogP contribution in [0.1, 0.15) is 21.6 Å². The van der Waals surface area contributed by atoms with Gasteiger partial charge in [0.1, 0.15) is 0 Å². The zero-order chi connectivity index (χ0) is 17.8. The number of nitrogens with one attached hydrogen (secondary N) is 1. The average Bonchev–Trinajstić information content (AvgIpc) is 2.97. The van der Waals surface area contributed by atoms with Crippen LogP contribution in [0.25, 0.3) is 0 Å². The van der Waals surface area contributed by atoms with Gasteiger partial charge in [0.2, 0.25) is 0 Å². The third-order valence-corrected chi connectivity index (χ3v) is 4.16. The van der Waals surface area contributed by atoms with Gasteiger partial charge in [0.15, 0.2) is 0 Å². The van der Waals surface area contributed by atoms with Crippen molar-refractivity contribution in [3.8, 4) is 0 Å². The lowest BCUT2D eigenvalue weighted by Gasteiger charge is -2.18. The van der Waals surface area contributed by atoms with E-state index >= 15 is 0 Å². The van der Waals surface area contributed by atoms with Crippen molar-refractivity contribution in [2.75, 3.05) is 17.3 Å². The standard InChI is InChI=1S/C20H22N4O/c1-15-17(14-23(2)22-15)13-21-18-9-7-8-16(12-18)20(25)24(3)19-10-5-4-6-11-19/h4-12,14,21H,13H2,1-3H3. The van der Waals surface area contributed by atoms with Gasteiger partial charge in [-0.05, 0) is 37.3 Å². The van der Waals surface area contributed by atoms with E-state index < -0.39 is 0 Å². The van der Waals surface area contributed by atoms with Crippen LogP contribution in [0.4, 0.5) is 11.4 Å². The maximum atomic E-state index is 12.7. The largest absolute Gasteiger partial charge is 0.381 e. The average molecular weight is 334 g/mol. The van der Waals surface area contributed by atoms with Crippen LogP contribution in [0.5, 0.6) is 0 Å². The number of hydrogen-bond donors (Lipinski definition) is 1. The molecule has 128 valence electrons. The Morgan fingerprint density at radius 1 is 1.16 bits per heavy atom. The van der Waals surface area contributed by atoms with E-state index in [-0.39, 0.29) is 5.91 Å². The highest BCUT2D eigenvalue weighted by Crippen LogP contribution is 2.18. The molecule has 3 rings (SSSR count). The Bertz CT molecular complexity index is 870. The van der Waals surface area contributed by atoms with Crippen LogP contribution in [0.2, 0.25) is 0 Å². The smallest absolute Gasteiger partial charge is 0.258 e. The molecule has 5 heteroatoms.